The molecule has 0 aliphatic carbocycles. The number of rotatable bonds is 6. The Hall–Kier alpha value is -2.20. The molecular formula is C11H15N3O6S. The molecule has 0 saturated heterocycles. The van der Waals surface area contributed by atoms with Crippen LogP contribution in [0.1, 0.15) is 13.8 Å². The number of benzene rings is 1. The van der Waals surface area contributed by atoms with Crippen molar-refractivity contribution in [3.63, 3.8) is 0 Å². The molecule has 9 nitrogen and oxygen atoms in total. The van der Waals surface area contributed by atoms with E-state index in [0.717, 1.165) is 18.2 Å². The average molecular weight is 317 g/mol. The molecule has 1 aromatic carbocycles. The van der Waals surface area contributed by atoms with E-state index in [1.54, 1.807) is 0 Å². The summed E-state index contributed by atoms with van der Waals surface area (Å²) < 4.78 is 25.3. The van der Waals surface area contributed by atoms with Gasteiger partial charge in [-0.2, -0.15) is 0 Å². The van der Waals surface area contributed by atoms with Crippen LogP contribution in [-0.2, 0) is 14.8 Å². The number of hydrogen-bond acceptors (Lipinski definition) is 6. The van der Waals surface area contributed by atoms with E-state index >= 15 is 0 Å². The molecule has 0 spiro atoms. The molecule has 0 bridgehead atoms. The Kier molecular flexibility index (Phi) is 4.54. The molecule has 1 rings (SSSR count). The lowest BCUT2D eigenvalue weighted by Crippen LogP contribution is -2.40. The van der Waals surface area contributed by atoms with Crippen LogP contribution in [-0.4, -0.2) is 37.0 Å². The van der Waals surface area contributed by atoms with Crippen molar-refractivity contribution in [1.82, 2.24) is 4.72 Å². The van der Waals surface area contributed by atoms with Crippen LogP contribution < -0.4 is 10.0 Å². The van der Waals surface area contributed by atoms with Crippen LogP contribution in [0.25, 0.3) is 0 Å². The van der Waals surface area contributed by atoms with E-state index in [0.29, 0.717) is 0 Å². The molecule has 0 saturated carbocycles. The minimum absolute atomic E-state index is 0.0811. The molecule has 3 N–H and O–H groups in total. The van der Waals surface area contributed by atoms with Crippen LogP contribution in [0.4, 0.5) is 11.4 Å². The van der Waals surface area contributed by atoms with Crippen molar-refractivity contribution in [2.45, 2.75) is 24.3 Å². The first-order chi connectivity index (χ1) is 9.51. The second-order valence-corrected chi connectivity index (χ2v) is 6.59. The fraction of sp³-hybridized carbons (Fsp3) is 0.364. The van der Waals surface area contributed by atoms with Gasteiger partial charge in [-0.25, -0.2) is 17.9 Å². The van der Waals surface area contributed by atoms with Gasteiger partial charge in [-0.15, -0.1) is 0 Å². The molecule has 0 unspecified atom stereocenters. The van der Waals surface area contributed by atoms with Gasteiger partial charge in [0.15, 0.2) is 0 Å². The molecule has 21 heavy (non-hydrogen) atoms. The molecule has 0 aliphatic rings. The number of nitrogens with zero attached hydrogens (tertiary/aromatic N) is 1. The second kappa shape index (κ2) is 5.66. The number of carboxylic acid groups (broad SMARTS) is 1. The van der Waals surface area contributed by atoms with Crippen molar-refractivity contribution in [3.8, 4) is 0 Å². The van der Waals surface area contributed by atoms with Crippen LogP contribution in [0.3, 0.4) is 0 Å². The number of hydrogen-bond donors (Lipinski definition) is 3. The number of aliphatic carboxylic acids is 1. The summed E-state index contributed by atoms with van der Waals surface area (Å²) in [6.07, 6.45) is 0. The zero-order valence-electron chi connectivity index (χ0n) is 11.6. The van der Waals surface area contributed by atoms with Gasteiger partial charge in [0, 0.05) is 6.07 Å². The molecule has 0 amide bonds. The lowest BCUT2D eigenvalue weighted by Gasteiger charge is -2.22. The SMILES string of the molecule is CNS(=O)(=O)c1ccc(NC(C)(C)C(=O)O)c([N+](=O)[O-])c1. The quantitative estimate of drug-likeness (QED) is 0.520. The maximum Gasteiger partial charge on any atom is 0.328 e. The van der Waals surface area contributed by atoms with Crippen molar-refractivity contribution < 1.29 is 23.2 Å². The molecule has 0 aromatic heterocycles. The Morgan fingerprint density at radius 3 is 2.38 bits per heavy atom. The molecule has 0 heterocycles. The summed E-state index contributed by atoms with van der Waals surface area (Å²) in [7, 11) is -2.65. The molecule has 10 heteroatoms. The predicted octanol–water partition coefficient (Wildman–Crippen LogP) is 0.778. The third-order valence-electron chi connectivity index (χ3n) is 2.73. The van der Waals surface area contributed by atoms with Gasteiger partial charge < -0.3 is 10.4 Å². The number of nitro benzene ring substituents is 1. The molecule has 0 aliphatic heterocycles. The highest BCUT2D eigenvalue weighted by Gasteiger charge is 2.30. The Morgan fingerprint density at radius 2 is 1.95 bits per heavy atom. The highest BCUT2D eigenvalue weighted by Crippen LogP contribution is 2.29. The highest BCUT2D eigenvalue weighted by atomic mass is 32.2. The van der Waals surface area contributed by atoms with Gasteiger partial charge in [0.05, 0.1) is 9.82 Å². The second-order valence-electron chi connectivity index (χ2n) is 4.70. The van der Waals surface area contributed by atoms with Crippen molar-refractivity contribution >= 4 is 27.4 Å². The molecule has 1 aromatic rings. The third-order valence-corrected chi connectivity index (χ3v) is 4.14. The van der Waals surface area contributed by atoms with Crippen LogP contribution in [0.5, 0.6) is 0 Å². The summed E-state index contributed by atoms with van der Waals surface area (Å²) >= 11 is 0. The maximum atomic E-state index is 11.6. The first-order valence-corrected chi connectivity index (χ1v) is 7.23. The Labute approximate surface area is 121 Å². The van der Waals surface area contributed by atoms with E-state index in [2.05, 4.69) is 5.32 Å². The zero-order chi connectivity index (χ0) is 16.4. The molecule has 0 radical (unpaired) electrons. The van der Waals surface area contributed by atoms with E-state index in [9.17, 15) is 23.3 Å². The van der Waals surface area contributed by atoms with Gasteiger partial charge in [0.1, 0.15) is 11.2 Å². The minimum Gasteiger partial charge on any atom is -0.480 e. The van der Waals surface area contributed by atoms with E-state index in [1.807, 2.05) is 4.72 Å². The Morgan fingerprint density at radius 1 is 1.38 bits per heavy atom. The molecule has 0 fully saturated rings. The fourth-order valence-electron chi connectivity index (χ4n) is 1.44. The van der Waals surface area contributed by atoms with E-state index in [-0.39, 0.29) is 10.6 Å². The lowest BCUT2D eigenvalue weighted by molar-refractivity contribution is -0.384. The van der Waals surface area contributed by atoms with Crippen molar-refractivity contribution in [1.29, 1.82) is 0 Å². The van der Waals surface area contributed by atoms with Crippen LogP contribution >= 0.6 is 0 Å². The van der Waals surface area contributed by atoms with Gasteiger partial charge in [-0.3, -0.25) is 10.1 Å². The fourth-order valence-corrected chi connectivity index (χ4v) is 2.19. The molecule has 0 atom stereocenters. The van der Waals surface area contributed by atoms with Gasteiger partial charge in [-0.1, -0.05) is 0 Å². The van der Waals surface area contributed by atoms with Crippen molar-refractivity contribution in [3.05, 3.63) is 28.3 Å². The topological polar surface area (TPSA) is 139 Å². The van der Waals surface area contributed by atoms with Crippen molar-refractivity contribution in [2.24, 2.45) is 0 Å². The van der Waals surface area contributed by atoms with E-state index < -0.39 is 32.1 Å². The summed E-state index contributed by atoms with van der Waals surface area (Å²) in [4.78, 5) is 21.0. The number of sulfonamides is 1. The smallest absolute Gasteiger partial charge is 0.328 e. The first kappa shape index (κ1) is 16.9. The summed E-state index contributed by atoms with van der Waals surface area (Å²) in [5.41, 5.74) is -2.06. The summed E-state index contributed by atoms with van der Waals surface area (Å²) in [5.74, 6) is -1.20. The standard InChI is InChI=1S/C11H15N3O6S/c1-11(2,10(15)16)13-8-5-4-7(21(19,20)12-3)6-9(8)14(17)18/h4-6,12-13H,1-3H3,(H,15,16). The largest absolute Gasteiger partial charge is 0.480 e. The normalized spacial score (nSPS) is 12.0. The molecule has 116 valence electrons. The lowest BCUT2D eigenvalue weighted by atomic mass is 10.1. The average Bonchev–Trinajstić information content (AvgIpc) is 2.38. The predicted molar refractivity (Wildman–Crippen MR) is 74.7 cm³/mol. The number of nitrogens with one attached hydrogen (secondary N) is 2. The van der Waals surface area contributed by atoms with Crippen molar-refractivity contribution in [2.75, 3.05) is 12.4 Å². The van der Waals surface area contributed by atoms with E-state index in [1.165, 1.54) is 20.9 Å². The monoisotopic (exact) mass is 317 g/mol. The van der Waals surface area contributed by atoms with E-state index in [4.69, 9.17) is 5.11 Å². The summed E-state index contributed by atoms with van der Waals surface area (Å²) in [6, 6.07) is 3.18. The maximum absolute atomic E-state index is 11.6. The van der Waals surface area contributed by atoms with Gasteiger partial charge in [0.25, 0.3) is 5.69 Å². The summed E-state index contributed by atoms with van der Waals surface area (Å²) in [6.45, 7) is 2.66. The number of carbonyl (C=O) groups is 1. The summed E-state index contributed by atoms with van der Waals surface area (Å²) in [5, 5.41) is 22.6. The van der Waals surface area contributed by atoms with Crippen LogP contribution in [0.15, 0.2) is 23.1 Å². The van der Waals surface area contributed by atoms with Crippen LogP contribution in [0, 0.1) is 10.1 Å². The Balaban J connectivity index is 3.37. The minimum atomic E-state index is -3.83. The Bertz CT molecular complexity index is 683. The van der Waals surface area contributed by atoms with Gasteiger partial charge >= 0.3 is 5.97 Å². The van der Waals surface area contributed by atoms with Gasteiger partial charge in [-0.05, 0) is 33.0 Å². The highest BCUT2D eigenvalue weighted by molar-refractivity contribution is 7.89. The van der Waals surface area contributed by atoms with Gasteiger partial charge in [0.2, 0.25) is 10.0 Å². The first-order valence-electron chi connectivity index (χ1n) is 5.75. The molecular weight excluding hydrogens is 302 g/mol. The number of carboxylic acids is 1. The van der Waals surface area contributed by atoms with Crippen LogP contribution in [0.2, 0.25) is 0 Å². The number of nitro groups is 1. The third kappa shape index (κ3) is 3.67. The number of anilines is 1. The zero-order valence-corrected chi connectivity index (χ0v) is 12.4.